The summed E-state index contributed by atoms with van der Waals surface area (Å²) in [6.07, 6.45) is 0.935. The Morgan fingerprint density at radius 2 is 2.08 bits per heavy atom. The average Bonchev–Trinajstić information content (AvgIpc) is 2.62. The van der Waals surface area contributed by atoms with Crippen molar-refractivity contribution in [2.75, 3.05) is 32.1 Å². The molecule has 1 amide bonds. The van der Waals surface area contributed by atoms with Gasteiger partial charge in [0, 0.05) is 12.7 Å². The monoisotopic (exact) mass is 354 g/mol. The topological polar surface area (TPSA) is 98.5 Å². The van der Waals surface area contributed by atoms with Crippen molar-refractivity contribution in [1.29, 1.82) is 5.26 Å². The summed E-state index contributed by atoms with van der Waals surface area (Å²) in [6.45, 7) is 2.43. The predicted molar refractivity (Wildman–Crippen MR) is 97.8 cm³/mol. The number of hydrogen-bond acceptors (Lipinski definition) is 6. The lowest BCUT2D eigenvalue weighted by atomic mass is 10.2. The van der Waals surface area contributed by atoms with Gasteiger partial charge in [-0.3, -0.25) is 9.69 Å². The summed E-state index contributed by atoms with van der Waals surface area (Å²) >= 11 is 0. The van der Waals surface area contributed by atoms with Crippen LogP contribution in [-0.2, 0) is 4.79 Å². The van der Waals surface area contributed by atoms with Crippen LogP contribution in [0.15, 0.2) is 42.6 Å². The van der Waals surface area contributed by atoms with Crippen molar-refractivity contribution in [2.45, 2.75) is 13.0 Å². The predicted octanol–water partition coefficient (Wildman–Crippen LogP) is 1.57. The van der Waals surface area contributed by atoms with Crippen LogP contribution in [0.3, 0.4) is 0 Å². The van der Waals surface area contributed by atoms with E-state index in [4.69, 9.17) is 10.00 Å². The van der Waals surface area contributed by atoms with Crippen LogP contribution in [0.1, 0.15) is 11.1 Å². The molecule has 0 radical (unpaired) electrons. The molecule has 1 aromatic carbocycles. The van der Waals surface area contributed by atoms with Crippen molar-refractivity contribution in [3.05, 3.63) is 53.7 Å². The van der Waals surface area contributed by atoms with Gasteiger partial charge in [0.1, 0.15) is 24.3 Å². The Morgan fingerprint density at radius 3 is 2.69 bits per heavy atom. The third-order valence-corrected chi connectivity index (χ3v) is 3.54. The number of hydrogen-bond donors (Lipinski definition) is 2. The van der Waals surface area contributed by atoms with Gasteiger partial charge in [-0.25, -0.2) is 4.98 Å². The molecular formula is C19H22N4O3. The van der Waals surface area contributed by atoms with Crippen LogP contribution in [0.5, 0.6) is 5.75 Å². The van der Waals surface area contributed by atoms with Crippen molar-refractivity contribution < 1.29 is 14.6 Å². The van der Waals surface area contributed by atoms with Crippen LogP contribution in [0.4, 0.5) is 5.82 Å². The first kappa shape index (κ1) is 19.4. The fraction of sp³-hybridized carbons (Fsp3) is 0.316. The standard InChI is InChI=1S/C19H22N4O3/c1-14-3-8-18(21-10-14)22-19(25)12-23(2)11-16(24)13-26-17-6-4-15(9-20)5-7-17/h3-8,10,16,24H,11-13H2,1-2H3,(H,21,22,25). The number of nitrogens with zero attached hydrogens (tertiary/aromatic N) is 3. The Bertz CT molecular complexity index is 754. The molecule has 0 aliphatic rings. The van der Waals surface area contributed by atoms with Gasteiger partial charge in [0.15, 0.2) is 0 Å². The Labute approximate surface area is 152 Å². The Morgan fingerprint density at radius 1 is 1.35 bits per heavy atom. The first-order valence-corrected chi connectivity index (χ1v) is 8.18. The van der Waals surface area contributed by atoms with Crippen LogP contribution in [0, 0.1) is 18.3 Å². The van der Waals surface area contributed by atoms with Crippen LogP contribution < -0.4 is 10.1 Å². The van der Waals surface area contributed by atoms with E-state index in [1.54, 1.807) is 48.5 Å². The third-order valence-electron chi connectivity index (χ3n) is 3.54. The highest BCUT2D eigenvalue weighted by molar-refractivity contribution is 5.91. The van der Waals surface area contributed by atoms with Gasteiger partial charge < -0.3 is 15.2 Å². The van der Waals surface area contributed by atoms with Crippen molar-refractivity contribution in [1.82, 2.24) is 9.88 Å². The number of nitriles is 1. The number of aliphatic hydroxyl groups is 1. The summed E-state index contributed by atoms with van der Waals surface area (Å²) < 4.78 is 5.48. The summed E-state index contributed by atoms with van der Waals surface area (Å²) in [5.41, 5.74) is 1.57. The molecule has 2 N–H and O–H groups in total. The molecule has 2 rings (SSSR count). The van der Waals surface area contributed by atoms with Gasteiger partial charge in [-0.15, -0.1) is 0 Å². The minimum absolute atomic E-state index is 0.0946. The number of nitrogens with one attached hydrogen (secondary N) is 1. The number of carbonyl (C=O) groups excluding carboxylic acids is 1. The average molecular weight is 354 g/mol. The van der Waals surface area contributed by atoms with Crippen LogP contribution in [-0.4, -0.2) is 53.7 Å². The molecule has 1 unspecified atom stereocenters. The molecule has 0 spiro atoms. The molecule has 0 bridgehead atoms. The normalized spacial score (nSPS) is 11.7. The summed E-state index contributed by atoms with van der Waals surface area (Å²) in [5, 5.41) is 21.5. The van der Waals surface area contributed by atoms with Crippen LogP contribution in [0.2, 0.25) is 0 Å². The zero-order valence-electron chi connectivity index (χ0n) is 14.8. The molecule has 7 nitrogen and oxygen atoms in total. The largest absolute Gasteiger partial charge is 0.491 e. The van der Waals surface area contributed by atoms with Gasteiger partial charge in [-0.1, -0.05) is 6.07 Å². The van der Waals surface area contributed by atoms with Gasteiger partial charge in [0.05, 0.1) is 18.2 Å². The minimum Gasteiger partial charge on any atom is -0.491 e. The lowest BCUT2D eigenvalue weighted by Gasteiger charge is -2.20. The molecule has 0 aliphatic carbocycles. The molecule has 1 atom stereocenters. The molecule has 136 valence electrons. The number of aromatic nitrogens is 1. The fourth-order valence-corrected chi connectivity index (χ4v) is 2.26. The molecule has 26 heavy (non-hydrogen) atoms. The summed E-state index contributed by atoms with van der Waals surface area (Å²) in [7, 11) is 1.74. The van der Waals surface area contributed by atoms with E-state index >= 15 is 0 Å². The zero-order valence-corrected chi connectivity index (χ0v) is 14.8. The molecule has 0 aliphatic heterocycles. The Balaban J connectivity index is 1.71. The number of carbonyl (C=O) groups is 1. The van der Waals surface area contributed by atoms with E-state index < -0.39 is 6.10 Å². The van der Waals surface area contributed by atoms with Gasteiger partial charge in [-0.2, -0.15) is 5.26 Å². The molecular weight excluding hydrogens is 332 g/mol. The Hall–Kier alpha value is -2.95. The molecule has 1 heterocycles. The molecule has 0 saturated heterocycles. The molecule has 1 aromatic heterocycles. The summed E-state index contributed by atoms with van der Waals surface area (Å²) in [5.74, 6) is 0.872. The zero-order chi connectivity index (χ0) is 18.9. The van der Waals surface area contributed by atoms with Gasteiger partial charge in [-0.05, 0) is 49.9 Å². The minimum atomic E-state index is -0.749. The van der Waals surface area contributed by atoms with E-state index in [9.17, 15) is 9.90 Å². The van der Waals surface area contributed by atoms with Crippen LogP contribution >= 0.6 is 0 Å². The highest BCUT2D eigenvalue weighted by Crippen LogP contribution is 2.12. The molecule has 0 saturated carbocycles. The summed E-state index contributed by atoms with van der Waals surface area (Å²) in [4.78, 5) is 17.8. The number of anilines is 1. The second kappa shape index (κ2) is 9.51. The van der Waals surface area contributed by atoms with E-state index in [0.717, 1.165) is 5.56 Å². The first-order chi connectivity index (χ1) is 12.5. The van der Waals surface area contributed by atoms with E-state index in [1.807, 2.05) is 19.1 Å². The second-order valence-electron chi connectivity index (χ2n) is 6.07. The van der Waals surface area contributed by atoms with Crippen molar-refractivity contribution in [3.63, 3.8) is 0 Å². The SMILES string of the molecule is Cc1ccc(NC(=O)CN(C)CC(O)COc2ccc(C#N)cc2)nc1. The Kier molecular flexibility index (Phi) is 7.09. The first-order valence-electron chi connectivity index (χ1n) is 8.18. The van der Waals surface area contributed by atoms with E-state index in [-0.39, 0.29) is 25.6 Å². The molecule has 0 fully saturated rings. The van der Waals surface area contributed by atoms with E-state index in [0.29, 0.717) is 17.1 Å². The molecule has 7 heteroatoms. The van der Waals surface area contributed by atoms with Crippen LogP contribution in [0.25, 0.3) is 0 Å². The summed E-state index contributed by atoms with van der Waals surface area (Å²) in [6, 6.07) is 12.3. The highest BCUT2D eigenvalue weighted by atomic mass is 16.5. The maximum Gasteiger partial charge on any atom is 0.239 e. The fourth-order valence-electron chi connectivity index (χ4n) is 2.26. The highest BCUT2D eigenvalue weighted by Gasteiger charge is 2.13. The van der Waals surface area contributed by atoms with Crippen molar-refractivity contribution in [3.8, 4) is 11.8 Å². The lowest BCUT2D eigenvalue weighted by molar-refractivity contribution is -0.117. The lowest BCUT2D eigenvalue weighted by Crippen LogP contribution is -2.37. The maximum atomic E-state index is 12.0. The van der Waals surface area contributed by atoms with Gasteiger partial charge in [0.25, 0.3) is 0 Å². The van der Waals surface area contributed by atoms with Crippen molar-refractivity contribution in [2.24, 2.45) is 0 Å². The van der Waals surface area contributed by atoms with Gasteiger partial charge in [0.2, 0.25) is 5.91 Å². The number of aryl methyl sites for hydroxylation is 1. The van der Waals surface area contributed by atoms with Crippen molar-refractivity contribution >= 4 is 11.7 Å². The number of pyridine rings is 1. The number of likely N-dealkylation sites (N-methyl/N-ethyl adjacent to an activating group) is 1. The smallest absolute Gasteiger partial charge is 0.239 e. The third kappa shape index (κ3) is 6.51. The van der Waals surface area contributed by atoms with E-state index in [2.05, 4.69) is 10.3 Å². The maximum absolute atomic E-state index is 12.0. The number of aliphatic hydroxyl groups excluding tert-OH is 1. The number of ether oxygens (including phenoxy) is 1. The number of rotatable bonds is 8. The number of benzene rings is 1. The van der Waals surface area contributed by atoms with E-state index in [1.165, 1.54) is 0 Å². The molecule has 2 aromatic rings. The quantitative estimate of drug-likeness (QED) is 0.747. The second-order valence-corrected chi connectivity index (χ2v) is 6.07. The number of amides is 1. The van der Waals surface area contributed by atoms with Gasteiger partial charge >= 0.3 is 0 Å².